The second-order valence-electron chi connectivity index (χ2n) is 16.4. The number of fused-ring (bicyclic) bond motifs is 1. The predicted octanol–water partition coefficient (Wildman–Crippen LogP) is 8.26. The lowest BCUT2D eigenvalue weighted by Crippen LogP contribution is -2.44. The lowest BCUT2D eigenvalue weighted by molar-refractivity contribution is -0.131. The number of imide groups is 1. The Hall–Kier alpha value is -5.67. The van der Waals surface area contributed by atoms with Crippen molar-refractivity contribution in [2.75, 3.05) is 29.6 Å². The molecule has 12 heteroatoms. The molecule has 0 radical (unpaired) electrons. The van der Waals surface area contributed by atoms with Crippen molar-refractivity contribution in [2.45, 2.75) is 103 Å². The van der Waals surface area contributed by atoms with Crippen LogP contribution < -0.4 is 16.0 Å². The average Bonchev–Trinajstić information content (AvgIpc) is 3.89. The van der Waals surface area contributed by atoms with Gasteiger partial charge in [0.25, 0.3) is 0 Å². The van der Waals surface area contributed by atoms with Gasteiger partial charge in [0, 0.05) is 49.1 Å². The second kappa shape index (κ2) is 15.6. The Morgan fingerprint density at radius 2 is 1.64 bits per heavy atom. The Morgan fingerprint density at radius 1 is 0.982 bits per heavy atom. The van der Waals surface area contributed by atoms with E-state index >= 15 is 0 Å². The third-order valence-electron chi connectivity index (χ3n) is 9.49. The van der Waals surface area contributed by atoms with Gasteiger partial charge >= 0.3 is 12.2 Å². The number of carbonyl (C=O) groups excluding carboxylic acids is 3. The van der Waals surface area contributed by atoms with Crippen molar-refractivity contribution < 1.29 is 29.0 Å². The Morgan fingerprint density at radius 3 is 2.20 bits per heavy atom. The molecule has 3 amide bonds. The van der Waals surface area contributed by atoms with Crippen molar-refractivity contribution >= 4 is 46.1 Å². The smallest absolute Gasteiger partial charge is 0.425 e. The predicted molar refractivity (Wildman–Crippen MR) is 214 cm³/mol. The molecule has 1 saturated carbocycles. The first-order chi connectivity index (χ1) is 25.8. The number of aryl methyl sites for hydroxylation is 1. The molecule has 4 N–H and O–H groups in total. The van der Waals surface area contributed by atoms with E-state index < -0.39 is 34.8 Å². The summed E-state index contributed by atoms with van der Waals surface area (Å²) in [6.07, 6.45) is 1.13. The molecule has 12 nitrogen and oxygen atoms in total. The van der Waals surface area contributed by atoms with Crippen LogP contribution in [0, 0.1) is 18.3 Å². The van der Waals surface area contributed by atoms with Gasteiger partial charge in [-0.3, -0.25) is 4.79 Å². The lowest BCUT2D eigenvalue weighted by atomic mass is 9.91. The third kappa shape index (κ3) is 9.35. The molecule has 2 atom stereocenters. The molecular formula is C43H52N6O6. The number of anilines is 3. The van der Waals surface area contributed by atoms with E-state index in [1.807, 2.05) is 50.2 Å². The minimum absolute atomic E-state index is 0.0104. The van der Waals surface area contributed by atoms with Crippen molar-refractivity contribution in [3.63, 3.8) is 0 Å². The SMILES string of the molecule is Cc1cc(C(Nc2ccc3c(N(C(=O)OC(C)(C)C)C(=O)OC(C)(C)C)nccc3c2)C(=O)N(C)Cc2cc(N)ccc2C2(C#N)CC2)ccc1[C@@H](C)CO. The molecule has 4 aromatic rings. The Bertz CT molecular complexity index is 2110. The van der Waals surface area contributed by atoms with E-state index in [1.54, 1.807) is 77.8 Å². The fraction of sp³-hybridized carbons (Fsp3) is 0.419. The van der Waals surface area contributed by atoms with Gasteiger partial charge in [0.15, 0.2) is 5.82 Å². The summed E-state index contributed by atoms with van der Waals surface area (Å²) < 4.78 is 11.2. The van der Waals surface area contributed by atoms with Crippen molar-refractivity contribution in [3.05, 3.63) is 94.7 Å². The maximum atomic E-state index is 14.6. The summed E-state index contributed by atoms with van der Waals surface area (Å²) in [5, 5.41) is 24.4. The highest BCUT2D eigenvalue weighted by Gasteiger charge is 2.46. The van der Waals surface area contributed by atoms with E-state index in [4.69, 9.17) is 15.2 Å². The van der Waals surface area contributed by atoms with E-state index in [2.05, 4.69) is 16.4 Å². The van der Waals surface area contributed by atoms with Crippen LogP contribution in [0.25, 0.3) is 10.8 Å². The van der Waals surface area contributed by atoms with Gasteiger partial charge in [-0.05, 0) is 131 Å². The fourth-order valence-electron chi connectivity index (χ4n) is 6.61. The average molecular weight is 749 g/mol. The highest BCUT2D eigenvalue weighted by Crippen LogP contribution is 2.49. The first-order valence-corrected chi connectivity index (χ1v) is 18.4. The zero-order chi connectivity index (χ0) is 40.5. The van der Waals surface area contributed by atoms with Crippen LogP contribution in [-0.4, -0.2) is 57.9 Å². The molecule has 1 unspecified atom stereocenters. The van der Waals surface area contributed by atoms with Crippen LogP contribution in [0.15, 0.2) is 66.9 Å². The molecule has 5 rings (SSSR count). The molecule has 3 aromatic carbocycles. The summed E-state index contributed by atoms with van der Waals surface area (Å²) in [5.74, 6) is -0.276. The second-order valence-corrected chi connectivity index (χ2v) is 16.4. The van der Waals surface area contributed by atoms with Gasteiger partial charge in [-0.2, -0.15) is 10.2 Å². The van der Waals surface area contributed by atoms with Crippen LogP contribution in [-0.2, 0) is 26.2 Å². The Balaban J connectivity index is 1.54. The number of aromatic nitrogens is 1. The normalized spacial score (nSPS) is 14.6. The Labute approximate surface area is 323 Å². The van der Waals surface area contributed by atoms with Crippen molar-refractivity contribution in [1.29, 1.82) is 5.26 Å². The summed E-state index contributed by atoms with van der Waals surface area (Å²) in [6.45, 7) is 14.3. The Kier molecular flexibility index (Phi) is 11.5. The number of carbonyl (C=O) groups is 3. The lowest BCUT2D eigenvalue weighted by Gasteiger charge is -2.29. The minimum Gasteiger partial charge on any atom is -0.443 e. The monoisotopic (exact) mass is 748 g/mol. The molecule has 1 heterocycles. The van der Waals surface area contributed by atoms with Gasteiger partial charge in [-0.15, -0.1) is 0 Å². The van der Waals surface area contributed by atoms with Crippen molar-refractivity contribution in [3.8, 4) is 6.07 Å². The number of benzene rings is 3. The number of hydrogen-bond donors (Lipinski definition) is 3. The first-order valence-electron chi connectivity index (χ1n) is 18.4. The zero-order valence-corrected chi connectivity index (χ0v) is 33.2. The number of nitrogen functional groups attached to an aromatic ring is 1. The molecular weight excluding hydrogens is 697 g/mol. The van der Waals surface area contributed by atoms with Crippen LogP contribution >= 0.6 is 0 Å². The maximum Gasteiger partial charge on any atom is 0.425 e. The molecule has 0 spiro atoms. The van der Waals surface area contributed by atoms with E-state index in [0.29, 0.717) is 27.7 Å². The highest BCUT2D eigenvalue weighted by atomic mass is 16.6. The molecule has 1 aromatic heterocycles. The van der Waals surface area contributed by atoms with Crippen molar-refractivity contribution in [1.82, 2.24) is 9.88 Å². The van der Waals surface area contributed by atoms with Crippen LogP contribution in [0.4, 0.5) is 26.8 Å². The number of amides is 3. The zero-order valence-electron chi connectivity index (χ0n) is 33.2. The highest BCUT2D eigenvalue weighted by molar-refractivity contribution is 6.14. The number of hydrogen-bond acceptors (Lipinski definition) is 10. The third-order valence-corrected chi connectivity index (χ3v) is 9.49. The number of rotatable bonds is 10. The van der Waals surface area contributed by atoms with Crippen LogP contribution in [0.1, 0.15) is 101 Å². The van der Waals surface area contributed by atoms with Crippen LogP contribution in [0.3, 0.4) is 0 Å². The number of pyridine rings is 1. The number of aliphatic hydroxyl groups excluding tert-OH is 1. The summed E-state index contributed by atoms with van der Waals surface area (Å²) in [7, 11) is 1.73. The quantitative estimate of drug-likeness (QED) is 0.134. The number of aliphatic hydroxyl groups is 1. The van der Waals surface area contributed by atoms with Crippen LogP contribution in [0.2, 0.25) is 0 Å². The summed E-state index contributed by atoms with van der Waals surface area (Å²) in [6, 6.07) is 20.0. The largest absolute Gasteiger partial charge is 0.443 e. The number of ether oxygens (including phenoxy) is 2. The number of nitrogens with zero attached hydrogens (tertiary/aromatic N) is 4. The maximum absolute atomic E-state index is 14.6. The molecule has 0 aliphatic heterocycles. The van der Waals surface area contributed by atoms with Gasteiger partial charge in [0.1, 0.15) is 17.2 Å². The first kappa shape index (κ1) is 40.5. The number of likely N-dealkylation sites (N-methyl/N-ethyl adjacent to an activating group) is 1. The van der Waals surface area contributed by atoms with Gasteiger partial charge < -0.3 is 30.5 Å². The van der Waals surface area contributed by atoms with E-state index in [1.165, 1.54) is 6.20 Å². The standard InChI is InChI=1S/C43H52N6O6/c1-26-20-29(10-13-33(26)27(2)24-50)36(38(51)48(9)23-30-21-31(45)11-15-35(30)43(25-44)17-18-43)47-32-12-14-34-28(22-32)16-19-46-37(34)49(39(52)54-41(3,4)5)40(53)55-42(6,7)8/h10-16,19-22,27,36,47,50H,17-18,23-24,45H2,1-9H3/t27-,36?/m0/s1. The topological polar surface area (TPSA) is 171 Å². The molecule has 290 valence electrons. The number of nitrogens with two attached hydrogens (primary N) is 1. The number of nitriles is 1. The van der Waals surface area contributed by atoms with E-state index in [-0.39, 0.29) is 30.8 Å². The van der Waals surface area contributed by atoms with Gasteiger partial charge in [-0.1, -0.05) is 31.2 Å². The van der Waals surface area contributed by atoms with Gasteiger partial charge in [-0.25, -0.2) is 14.6 Å². The van der Waals surface area contributed by atoms with Gasteiger partial charge in [0.05, 0.1) is 11.5 Å². The molecule has 55 heavy (non-hydrogen) atoms. The minimum atomic E-state index is -0.933. The van der Waals surface area contributed by atoms with Gasteiger partial charge in [0.2, 0.25) is 5.91 Å². The summed E-state index contributed by atoms with van der Waals surface area (Å²) in [4.78, 5) is 48.3. The summed E-state index contributed by atoms with van der Waals surface area (Å²) >= 11 is 0. The van der Waals surface area contributed by atoms with Crippen LogP contribution in [0.5, 0.6) is 0 Å². The number of nitrogens with one attached hydrogen (secondary N) is 1. The molecule has 1 fully saturated rings. The van der Waals surface area contributed by atoms with E-state index in [9.17, 15) is 24.8 Å². The fourth-order valence-corrected chi connectivity index (χ4v) is 6.61. The molecule has 1 aliphatic carbocycles. The molecule has 0 saturated heterocycles. The van der Waals surface area contributed by atoms with E-state index in [0.717, 1.165) is 40.0 Å². The molecule has 1 aliphatic rings. The molecule has 0 bridgehead atoms. The van der Waals surface area contributed by atoms with Crippen molar-refractivity contribution in [2.24, 2.45) is 0 Å². The summed E-state index contributed by atoms with van der Waals surface area (Å²) in [5.41, 5.74) is 9.30.